The van der Waals surface area contributed by atoms with E-state index in [1.54, 1.807) is 20.3 Å². The first kappa shape index (κ1) is 18.8. The molecule has 0 spiro atoms. The predicted octanol–water partition coefficient (Wildman–Crippen LogP) is 3.48. The van der Waals surface area contributed by atoms with Crippen LogP contribution in [-0.2, 0) is 13.0 Å². The van der Waals surface area contributed by atoms with Crippen LogP contribution in [-0.4, -0.2) is 35.6 Å². The number of benzene rings is 1. The Morgan fingerprint density at radius 1 is 1.19 bits per heavy atom. The fourth-order valence-corrected chi connectivity index (χ4v) is 3.27. The molecule has 142 valence electrons. The Kier molecular flexibility index (Phi) is 5.97. The van der Waals surface area contributed by atoms with E-state index in [2.05, 4.69) is 20.8 Å². The average Bonchev–Trinajstić information content (AvgIpc) is 2.94. The summed E-state index contributed by atoms with van der Waals surface area (Å²) in [7, 11) is 3.16. The first-order chi connectivity index (χ1) is 13.2. The fraction of sp³-hybridized carbons (Fsp3) is 0.450. The van der Waals surface area contributed by atoms with E-state index in [0.717, 1.165) is 37.2 Å². The van der Waals surface area contributed by atoms with Gasteiger partial charge in [-0.1, -0.05) is 6.42 Å². The smallest absolute Gasteiger partial charge is 0.203 e. The molecule has 0 atom stereocenters. The van der Waals surface area contributed by atoms with Gasteiger partial charge in [-0.05, 0) is 43.5 Å². The summed E-state index contributed by atoms with van der Waals surface area (Å²) in [6, 6.07) is 5.91. The number of nitrogens with zero attached hydrogens (tertiary/aromatic N) is 4. The standard InChI is InChI=1S/C20H24N4O3/c1-4-27-19-16(25-2)11-14(12-17(19)26-3)10-15(13-21)20-23-22-18-8-6-5-7-9-24(18)20/h10-12H,4-9H2,1-3H3/b15-10-. The molecule has 0 bridgehead atoms. The minimum Gasteiger partial charge on any atom is -0.493 e. The number of ether oxygens (including phenoxy) is 3. The van der Waals surface area contributed by atoms with Gasteiger partial charge >= 0.3 is 0 Å². The molecule has 0 N–H and O–H groups in total. The predicted molar refractivity (Wildman–Crippen MR) is 102 cm³/mol. The van der Waals surface area contributed by atoms with Gasteiger partial charge in [0.05, 0.1) is 26.4 Å². The summed E-state index contributed by atoms with van der Waals surface area (Å²) in [5.74, 6) is 3.22. The molecule has 3 rings (SSSR count). The van der Waals surface area contributed by atoms with Crippen LogP contribution in [0.2, 0.25) is 0 Å². The molecule has 0 radical (unpaired) electrons. The Hall–Kier alpha value is -3.01. The molecule has 0 saturated carbocycles. The van der Waals surface area contributed by atoms with E-state index in [1.165, 1.54) is 6.42 Å². The normalized spacial score (nSPS) is 14.1. The third-order valence-electron chi connectivity index (χ3n) is 4.55. The van der Waals surface area contributed by atoms with Crippen LogP contribution in [0.1, 0.15) is 43.4 Å². The summed E-state index contributed by atoms with van der Waals surface area (Å²) >= 11 is 0. The summed E-state index contributed by atoms with van der Waals surface area (Å²) in [5.41, 5.74) is 1.23. The highest BCUT2D eigenvalue weighted by molar-refractivity contribution is 5.88. The molecular formula is C20H24N4O3. The maximum atomic E-state index is 9.74. The Labute approximate surface area is 159 Å². The van der Waals surface area contributed by atoms with Gasteiger partial charge in [-0.15, -0.1) is 10.2 Å². The average molecular weight is 368 g/mol. The molecule has 0 fully saturated rings. The number of allylic oxidation sites excluding steroid dienone is 1. The quantitative estimate of drug-likeness (QED) is 0.726. The molecule has 2 aromatic rings. The van der Waals surface area contributed by atoms with Crippen LogP contribution < -0.4 is 14.2 Å². The number of methoxy groups -OCH3 is 2. The zero-order valence-electron chi connectivity index (χ0n) is 16.0. The highest BCUT2D eigenvalue weighted by Crippen LogP contribution is 2.39. The maximum Gasteiger partial charge on any atom is 0.203 e. The zero-order chi connectivity index (χ0) is 19.2. The van der Waals surface area contributed by atoms with E-state index in [0.29, 0.717) is 35.3 Å². The van der Waals surface area contributed by atoms with Gasteiger partial charge in [-0.3, -0.25) is 0 Å². The van der Waals surface area contributed by atoms with E-state index in [-0.39, 0.29) is 0 Å². The number of hydrogen-bond donors (Lipinski definition) is 0. The summed E-state index contributed by atoms with van der Waals surface area (Å²) in [6.07, 6.45) is 6.03. The van der Waals surface area contributed by atoms with Gasteiger partial charge in [0.2, 0.25) is 5.75 Å². The molecule has 1 aromatic carbocycles. The number of rotatable bonds is 6. The minimum atomic E-state index is 0.462. The van der Waals surface area contributed by atoms with Crippen LogP contribution in [0.4, 0.5) is 0 Å². The maximum absolute atomic E-state index is 9.74. The van der Waals surface area contributed by atoms with Crippen LogP contribution in [0.3, 0.4) is 0 Å². The molecule has 0 amide bonds. The Morgan fingerprint density at radius 2 is 1.93 bits per heavy atom. The molecule has 1 aliphatic rings. The summed E-state index contributed by atoms with van der Waals surface area (Å²) in [6.45, 7) is 3.24. The largest absolute Gasteiger partial charge is 0.493 e. The van der Waals surface area contributed by atoms with E-state index in [9.17, 15) is 5.26 Å². The van der Waals surface area contributed by atoms with Crippen LogP contribution in [0.5, 0.6) is 17.2 Å². The van der Waals surface area contributed by atoms with Gasteiger partial charge in [0, 0.05) is 13.0 Å². The Bertz CT molecular complexity index is 855. The molecule has 7 heteroatoms. The number of hydrogen-bond acceptors (Lipinski definition) is 6. The highest BCUT2D eigenvalue weighted by atomic mass is 16.5. The van der Waals surface area contributed by atoms with Crippen molar-refractivity contribution in [1.82, 2.24) is 14.8 Å². The molecule has 1 aliphatic heterocycles. The molecule has 2 heterocycles. The molecule has 7 nitrogen and oxygen atoms in total. The minimum absolute atomic E-state index is 0.462. The lowest BCUT2D eigenvalue weighted by atomic mass is 10.1. The zero-order valence-corrected chi connectivity index (χ0v) is 16.0. The van der Waals surface area contributed by atoms with Crippen molar-refractivity contribution in [2.75, 3.05) is 20.8 Å². The third kappa shape index (κ3) is 3.90. The second-order valence-electron chi connectivity index (χ2n) is 6.26. The van der Waals surface area contributed by atoms with Gasteiger partial charge < -0.3 is 18.8 Å². The van der Waals surface area contributed by atoms with Crippen LogP contribution >= 0.6 is 0 Å². The van der Waals surface area contributed by atoms with Crippen molar-refractivity contribution in [1.29, 1.82) is 5.26 Å². The van der Waals surface area contributed by atoms with Crippen molar-refractivity contribution in [2.24, 2.45) is 0 Å². The van der Waals surface area contributed by atoms with Crippen molar-refractivity contribution in [3.05, 3.63) is 29.3 Å². The molecular weight excluding hydrogens is 344 g/mol. The van der Waals surface area contributed by atoms with E-state index < -0.39 is 0 Å². The topological polar surface area (TPSA) is 82.2 Å². The van der Waals surface area contributed by atoms with Gasteiger partial charge in [-0.2, -0.15) is 5.26 Å². The molecule has 27 heavy (non-hydrogen) atoms. The van der Waals surface area contributed by atoms with Crippen molar-refractivity contribution in [3.8, 4) is 23.3 Å². The van der Waals surface area contributed by atoms with Gasteiger partial charge in [0.25, 0.3) is 0 Å². The second-order valence-corrected chi connectivity index (χ2v) is 6.26. The first-order valence-corrected chi connectivity index (χ1v) is 9.14. The SMILES string of the molecule is CCOc1c(OC)cc(/C=C(/C#N)c2nnc3n2CCCCC3)cc1OC. The van der Waals surface area contributed by atoms with Gasteiger partial charge in [0.15, 0.2) is 17.3 Å². The number of aryl methyl sites for hydroxylation is 1. The number of aromatic nitrogens is 3. The summed E-state index contributed by atoms with van der Waals surface area (Å²) in [4.78, 5) is 0. The lowest BCUT2D eigenvalue weighted by Crippen LogP contribution is -2.05. The molecule has 0 aliphatic carbocycles. The molecule has 0 saturated heterocycles. The van der Waals surface area contributed by atoms with Gasteiger partial charge in [0.1, 0.15) is 11.9 Å². The van der Waals surface area contributed by atoms with E-state index >= 15 is 0 Å². The van der Waals surface area contributed by atoms with Crippen molar-refractivity contribution in [3.63, 3.8) is 0 Å². The molecule has 0 unspecified atom stereocenters. The Morgan fingerprint density at radius 3 is 2.56 bits per heavy atom. The highest BCUT2D eigenvalue weighted by Gasteiger charge is 2.19. The summed E-state index contributed by atoms with van der Waals surface area (Å²) in [5, 5.41) is 18.3. The lowest BCUT2D eigenvalue weighted by Gasteiger charge is -2.14. The van der Waals surface area contributed by atoms with E-state index in [1.807, 2.05) is 19.1 Å². The monoisotopic (exact) mass is 368 g/mol. The summed E-state index contributed by atoms with van der Waals surface area (Å²) < 4.78 is 18.6. The fourth-order valence-electron chi connectivity index (χ4n) is 3.27. The Balaban J connectivity index is 2.04. The first-order valence-electron chi connectivity index (χ1n) is 9.14. The second kappa shape index (κ2) is 8.58. The number of fused-ring (bicyclic) bond motifs is 1. The van der Waals surface area contributed by atoms with Crippen molar-refractivity contribution < 1.29 is 14.2 Å². The van der Waals surface area contributed by atoms with E-state index in [4.69, 9.17) is 14.2 Å². The number of nitriles is 1. The van der Waals surface area contributed by atoms with Crippen LogP contribution in [0, 0.1) is 11.3 Å². The van der Waals surface area contributed by atoms with Crippen LogP contribution in [0.15, 0.2) is 12.1 Å². The lowest BCUT2D eigenvalue weighted by molar-refractivity contribution is 0.288. The van der Waals surface area contributed by atoms with Gasteiger partial charge in [-0.25, -0.2) is 0 Å². The molecule has 1 aromatic heterocycles. The van der Waals surface area contributed by atoms with Crippen molar-refractivity contribution in [2.45, 2.75) is 39.2 Å². The van der Waals surface area contributed by atoms with Crippen LogP contribution in [0.25, 0.3) is 11.6 Å². The van der Waals surface area contributed by atoms with Crippen molar-refractivity contribution >= 4 is 11.6 Å². The third-order valence-corrected chi connectivity index (χ3v) is 4.55.